The number of amides is 3. The number of amidine groups is 2. The quantitative estimate of drug-likeness (QED) is 0.362. The Balaban J connectivity index is 1.29. The molecule has 0 unspecified atom stereocenters. The molecule has 206 valence electrons. The molecule has 3 heterocycles. The van der Waals surface area contributed by atoms with Crippen molar-refractivity contribution in [3.05, 3.63) is 83.8 Å². The summed E-state index contributed by atoms with van der Waals surface area (Å²) in [5.41, 5.74) is 3.36. The SMILES string of the molecule is CCc1ccc(NC(=O)[C@@H](CC)SC2=Nc3ccccc3C3=N[C@H](CCC(=O)NCc4ccco4)C(=O)N23)cc1. The lowest BCUT2D eigenvalue weighted by Gasteiger charge is -2.27. The van der Waals surface area contributed by atoms with Crippen molar-refractivity contribution in [1.82, 2.24) is 10.2 Å². The van der Waals surface area contributed by atoms with Gasteiger partial charge in [0.1, 0.15) is 17.6 Å². The number of aryl methyl sites for hydroxylation is 1. The van der Waals surface area contributed by atoms with Crippen LogP contribution in [0.15, 0.2) is 81.3 Å². The second kappa shape index (κ2) is 12.3. The van der Waals surface area contributed by atoms with E-state index in [-0.39, 0.29) is 37.1 Å². The first-order valence-corrected chi connectivity index (χ1v) is 14.3. The molecule has 1 aromatic heterocycles. The van der Waals surface area contributed by atoms with E-state index >= 15 is 0 Å². The van der Waals surface area contributed by atoms with Crippen LogP contribution in [0.1, 0.15) is 50.0 Å². The molecule has 0 aliphatic carbocycles. The Bertz CT molecular complexity index is 1450. The summed E-state index contributed by atoms with van der Waals surface area (Å²) in [5, 5.41) is 5.73. The number of carbonyl (C=O) groups is 3. The molecule has 2 aliphatic heterocycles. The van der Waals surface area contributed by atoms with Gasteiger partial charge in [-0.05, 0) is 61.2 Å². The number of aliphatic imine (C=N–C) groups is 2. The van der Waals surface area contributed by atoms with Gasteiger partial charge in [0.15, 0.2) is 5.17 Å². The Hall–Kier alpha value is -4.18. The van der Waals surface area contributed by atoms with Gasteiger partial charge in [-0.15, -0.1) is 0 Å². The third kappa shape index (κ3) is 6.02. The fourth-order valence-electron chi connectivity index (χ4n) is 4.52. The molecule has 2 aromatic carbocycles. The highest BCUT2D eigenvalue weighted by Crippen LogP contribution is 2.36. The molecule has 0 radical (unpaired) electrons. The van der Waals surface area contributed by atoms with Crippen LogP contribution >= 0.6 is 11.8 Å². The van der Waals surface area contributed by atoms with Gasteiger partial charge in [-0.25, -0.2) is 9.89 Å². The molecular formula is C30H31N5O4S. The number of rotatable bonds is 10. The van der Waals surface area contributed by atoms with Crippen LogP contribution in [0.2, 0.25) is 0 Å². The van der Waals surface area contributed by atoms with Crippen LogP contribution in [0.3, 0.4) is 0 Å². The van der Waals surface area contributed by atoms with E-state index in [0.29, 0.717) is 28.9 Å². The monoisotopic (exact) mass is 557 g/mol. The van der Waals surface area contributed by atoms with E-state index < -0.39 is 11.3 Å². The Kier molecular flexibility index (Phi) is 8.45. The van der Waals surface area contributed by atoms with Crippen molar-refractivity contribution < 1.29 is 18.8 Å². The summed E-state index contributed by atoms with van der Waals surface area (Å²) < 4.78 is 5.25. The number of para-hydroxylation sites is 1. The number of furan rings is 1. The van der Waals surface area contributed by atoms with Crippen LogP contribution in [0.4, 0.5) is 11.4 Å². The number of fused-ring (bicyclic) bond motifs is 3. The lowest BCUT2D eigenvalue weighted by atomic mass is 10.1. The molecule has 0 bridgehead atoms. The van der Waals surface area contributed by atoms with E-state index in [1.54, 1.807) is 18.4 Å². The number of nitrogens with zero attached hydrogens (tertiary/aromatic N) is 3. The number of carbonyl (C=O) groups excluding carboxylic acids is 3. The second-order valence-electron chi connectivity index (χ2n) is 9.50. The average Bonchev–Trinajstić information content (AvgIpc) is 3.62. The summed E-state index contributed by atoms with van der Waals surface area (Å²) in [6.07, 6.45) is 3.41. The summed E-state index contributed by atoms with van der Waals surface area (Å²) in [5.74, 6) is 0.565. The molecule has 9 nitrogen and oxygen atoms in total. The molecule has 3 amide bonds. The van der Waals surface area contributed by atoms with E-state index in [1.807, 2.05) is 55.5 Å². The zero-order chi connectivity index (χ0) is 28.1. The van der Waals surface area contributed by atoms with Gasteiger partial charge in [-0.2, -0.15) is 0 Å². The van der Waals surface area contributed by atoms with Gasteiger partial charge in [0.05, 0.1) is 23.7 Å². The maximum atomic E-state index is 13.6. The van der Waals surface area contributed by atoms with Crippen LogP contribution in [0.25, 0.3) is 0 Å². The summed E-state index contributed by atoms with van der Waals surface area (Å²) in [6.45, 7) is 4.30. The number of thioether (sulfide) groups is 1. The summed E-state index contributed by atoms with van der Waals surface area (Å²) in [7, 11) is 0. The normalized spacial score (nSPS) is 16.5. The van der Waals surface area contributed by atoms with Crippen LogP contribution in [0, 0.1) is 0 Å². The Morgan fingerprint density at radius 2 is 1.88 bits per heavy atom. The van der Waals surface area contributed by atoms with Crippen molar-refractivity contribution in [1.29, 1.82) is 0 Å². The van der Waals surface area contributed by atoms with E-state index in [4.69, 9.17) is 14.4 Å². The molecule has 2 N–H and O–H groups in total. The molecule has 10 heteroatoms. The highest BCUT2D eigenvalue weighted by Gasteiger charge is 2.42. The Morgan fingerprint density at radius 3 is 2.60 bits per heavy atom. The molecule has 2 aliphatic rings. The minimum atomic E-state index is -0.715. The average molecular weight is 558 g/mol. The fraction of sp³-hybridized carbons (Fsp3) is 0.300. The summed E-state index contributed by atoms with van der Waals surface area (Å²) >= 11 is 1.25. The van der Waals surface area contributed by atoms with Crippen LogP contribution in [-0.2, 0) is 27.3 Å². The molecule has 3 aromatic rings. The number of nitrogens with one attached hydrogen (secondary N) is 2. The predicted molar refractivity (Wildman–Crippen MR) is 157 cm³/mol. The van der Waals surface area contributed by atoms with Gasteiger partial charge < -0.3 is 15.1 Å². The number of anilines is 1. The molecule has 0 saturated carbocycles. The highest BCUT2D eigenvalue weighted by atomic mass is 32.2. The third-order valence-electron chi connectivity index (χ3n) is 6.77. The van der Waals surface area contributed by atoms with Crippen molar-refractivity contribution in [2.75, 3.05) is 5.32 Å². The lowest BCUT2D eigenvalue weighted by Crippen LogP contribution is -2.42. The highest BCUT2D eigenvalue weighted by molar-refractivity contribution is 8.15. The standard InChI is InChI=1S/C30H31N5O4S/c1-3-19-11-13-20(14-12-19)32-28(37)25(4-2)40-30-34-23-10-6-5-9-22(23)27-33-24(29(38)35(27)30)15-16-26(36)31-18-21-8-7-17-39-21/h5-14,17,24-25H,3-4,15-16,18H2,1-2H3,(H,31,36)(H,32,37)/t24-,25-/m1/s1. The van der Waals surface area contributed by atoms with E-state index in [1.165, 1.54) is 22.2 Å². The maximum absolute atomic E-state index is 13.6. The first-order valence-electron chi connectivity index (χ1n) is 13.4. The molecular weight excluding hydrogens is 526 g/mol. The fourth-order valence-corrected chi connectivity index (χ4v) is 5.54. The third-order valence-corrected chi connectivity index (χ3v) is 8.09. The Labute approximate surface area is 237 Å². The first-order chi connectivity index (χ1) is 19.5. The second-order valence-corrected chi connectivity index (χ2v) is 10.7. The lowest BCUT2D eigenvalue weighted by molar-refractivity contribution is -0.125. The predicted octanol–water partition coefficient (Wildman–Crippen LogP) is 5.05. The van der Waals surface area contributed by atoms with Crippen LogP contribution in [0.5, 0.6) is 0 Å². The van der Waals surface area contributed by atoms with Crippen LogP contribution in [-0.4, -0.2) is 44.9 Å². The topological polar surface area (TPSA) is 116 Å². The van der Waals surface area contributed by atoms with Gasteiger partial charge in [-0.1, -0.05) is 49.9 Å². The van der Waals surface area contributed by atoms with Gasteiger partial charge in [-0.3, -0.25) is 19.4 Å². The maximum Gasteiger partial charge on any atom is 0.259 e. The zero-order valence-electron chi connectivity index (χ0n) is 22.4. The van der Waals surface area contributed by atoms with Crippen molar-refractivity contribution in [3.63, 3.8) is 0 Å². The van der Waals surface area contributed by atoms with Gasteiger partial charge in [0, 0.05) is 17.7 Å². The minimum absolute atomic E-state index is 0.139. The van der Waals surface area contributed by atoms with Gasteiger partial charge >= 0.3 is 0 Å². The molecule has 0 saturated heterocycles. The van der Waals surface area contributed by atoms with E-state index in [2.05, 4.69) is 17.6 Å². The number of hydrogen-bond donors (Lipinski definition) is 2. The van der Waals surface area contributed by atoms with Crippen molar-refractivity contribution >= 4 is 51.9 Å². The smallest absolute Gasteiger partial charge is 0.259 e. The van der Waals surface area contributed by atoms with Crippen molar-refractivity contribution in [2.45, 2.75) is 57.4 Å². The van der Waals surface area contributed by atoms with Crippen molar-refractivity contribution in [2.24, 2.45) is 9.98 Å². The molecule has 40 heavy (non-hydrogen) atoms. The van der Waals surface area contributed by atoms with Gasteiger partial charge in [0.25, 0.3) is 5.91 Å². The summed E-state index contributed by atoms with van der Waals surface area (Å²) in [6, 6.07) is 18.1. The van der Waals surface area contributed by atoms with Crippen molar-refractivity contribution in [3.8, 4) is 0 Å². The number of hydrogen-bond acceptors (Lipinski definition) is 7. The first kappa shape index (κ1) is 27.4. The molecule has 5 rings (SSSR count). The van der Waals surface area contributed by atoms with E-state index in [0.717, 1.165) is 17.7 Å². The van der Waals surface area contributed by atoms with Crippen LogP contribution < -0.4 is 10.6 Å². The molecule has 0 fully saturated rings. The van der Waals surface area contributed by atoms with Gasteiger partial charge in [0.2, 0.25) is 11.8 Å². The molecule has 2 atom stereocenters. The number of benzene rings is 2. The molecule has 0 spiro atoms. The Morgan fingerprint density at radius 1 is 1.07 bits per heavy atom. The van der Waals surface area contributed by atoms with E-state index in [9.17, 15) is 14.4 Å². The minimum Gasteiger partial charge on any atom is -0.467 e. The summed E-state index contributed by atoms with van der Waals surface area (Å²) in [4.78, 5) is 50.2. The zero-order valence-corrected chi connectivity index (χ0v) is 23.2. The largest absolute Gasteiger partial charge is 0.467 e.